The molecule has 3 nitrogen and oxygen atoms in total. The molecule has 0 aliphatic rings. The lowest BCUT2D eigenvalue weighted by Gasteiger charge is -2.10. The zero-order chi connectivity index (χ0) is 16.2. The van der Waals surface area contributed by atoms with E-state index in [1.807, 2.05) is 42.5 Å². The third-order valence-corrected chi connectivity index (χ3v) is 3.43. The Morgan fingerprint density at radius 1 is 0.913 bits per heavy atom. The molecular formula is C18H14F2N2O. The van der Waals surface area contributed by atoms with Crippen LogP contribution < -0.4 is 10.6 Å². The van der Waals surface area contributed by atoms with E-state index in [9.17, 15) is 13.6 Å². The zero-order valence-electron chi connectivity index (χ0n) is 12.1. The Kier molecular flexibility index (Phi) is 4.19. The number of rotatable bonds is 4. The minimum atomic E-state index is -0.802. The molecule has 0 fully saturated rings. The van der Waals surface area contributed by atoms with Crippen LogP contribution in [-0.2, 0) is 4.79 Å². The first kappa shape index (κ1) is 15.0. The summed E-state index contributed by atoms with van der Waals surface area (Å²) in [5.41, 5.74) is 0.772. The van der Waals surface area contributed by atoms with E-state index >= 15 is 0 Å². The Bertz CT molecular complexity index is 859. The lowest BCUT2D eigenvalue weighted by Crippen LogP contribution is -2.22. The van der Waals surface area contributed by atoms with Crippen LogP contribution in [0.25, 0.3) is 10.8 Å². The van der Waals surface area contributed by atoms with E-state index in [4.69, 9.17) is 0 Å². The first-order chi connectivity index (χ1) is 11.1. The second-order valence-corrected chi connectivity index (χ2v) is 5.05. The Labute approximate surface area is 131 Å². The van der Waals surface area contributed by atoms with Crippen LogP contribution in [0.3, 0.4) is 0 Å². The van der Waals surface area contributed by atoms with Crippen LogP contribution in [-0.4, -0.2) is 12.5 Å². The van der Waals surface area contributed by atoms with Crippen molar-refractivity contribution in [3.05, 3.63) is 72.3 Å². The summed E-state index contributed by atoms with van der Waals surface area (Å²) < 4.78 is 26.3. The number of benzene rings is 3. The number of halogens is 2. The second kappa shape index (κ2) is 6.44. The molecule has 2 N–H and O–H groups in total. The van der Waals surface area contributed by atoms with Crippen molar-refractivity contribution in [1.82, 2.24) is 0 Å². The first-order valence-corrected chi connectivity index (χ1v) is 7.10. The maximum absolute atomic E-state index is 13.5. The molecule has 0 atom stereocenters. The van der Waals surface area contributed by atoms with Gasteiger partial charge in [-0.1, -0.05) is 36.4 Å². The molecule has 3 rings (SSSR count). The second-order valence-electron chi connectivity index (χ2n) is 5.05. The Morgan fingerprint density at radius 2 is 1.70 bits per heavy atom. The van der Waals surface area contributed by atoms with Gasteiger partial charge in [0.2, 0.25) is 5.91 Å². The number of nitrogens with one attached hydrogen (secondary N) is 2. The Morgan fingerprint density at radius 3 is 2.52 bits per heavy atom. The molecule has 3 aromatic carbocycles. The SMILES string of the molecule is O=C(CNc1cccc2ccccc12)Nc1ccc(F)cc1F. The number of hydrogen-bond donors (Lipinski definition) is 2. The van der Waals surface area contributed by atoms with Gasteiger partial charge in [-0.05, 0) is 23.6 Å². The minimum absolute atomic E-state index is 0.0230. The summed E-state index contributed by atoms with van der Waals surface area (Å²) in [6.45, 7) is -0.0230. The van der Waals surface area contributed by atoms with E-state index in [0.29, 0.717) is 0 Å². The fraction of sp³-hybridized carbons (Fsp3) is 0.0556. The third kappa shape index (κ3) is 3.45. The van der Waals surface area contributed by atoms with Gasteiger partial charge in [-0.2, -0.15) is 0 Å². The van der Waals surface area contributed by atoms with Gasteiger partial charge in [-0.25, -0.2) is 8.78 Å². The van der Waals surface area contributed by atoms with Crippen molar-refractivity contribution in [1.29, 1.82) is 0 Å². The molecule has 0 saturated carbocycles. The molecule has 0 unspecified atom stereocenters. The standard InChI is InChI=1S/C18H14F2N2O/c19-13-8-9-17(15(20)10-13)22-18(23)11-21-16-7-3-5-12-4-1-2-6-14(12)16/h1-10,21H,11H2,(H,22,23). The number of anilines is 2. The average molecular weight is 312 g/mol. The normalized spacial score (nSPS) is 10.5. The number of fused-ring (bicyclic) bond motifs is 1. The van der Waals surface area contributed by atoms with Crippen molar-refractivity contribution in [3.8, 4) is 0 Å². The van der Waals surface area contributed by atoms with Gasteiger partial charge >= 0.3 is 0 Å². The molecular weight excluding hydrogens is 298 g/mol. The molecule has 0 aliphatic heterocycles. The Balaban J connectivity index is 1.69. The maximum Gasteiger partial charge on any atom is 0.243 e. The smallest absolute Gasteiger partial charge is 0.243 e. The van der Waals surface area contributed by atoms with Crippen molar-refractivity contribution in [2.24, 2.45) is 0 Å². The summed E-state index contributed by atoms with van der Waals surface area (Å²) in [6.07, 6.45) is 0. The molecule has 1 amide bonds. The van der Waals surface area contributed by atoms with E-state index in [0.717, 1.165) is 28.6 Å². The Hall–Kier alpha value is -2.95. The van der Waals surface area contributed by atoms with Crippen LogP contribution in [0, 0.1) is 11.6 Å². The van der Waals surface area contributed by atoms with Gasteiger partial charge in [0, 0.05) is 17.1 Å². The first-order valence-electron chi connectivity index (χ1n) is 7.10. The fourth-order valence-electron chi connectivity index (χ4n) is 2.34. The number of carbonyl (C=O) groups is 1. The van der Waals surface area contributed by atoms with Gasteiger partial charge in [-0.15, -0.1) is 0 Å². The molecule has 3 aromatic rings. The summed E-state index contributed by atoms with van der Waals surface area (Å²) in [6, 6.07) is 16.6. The lowest BCUT2D eigenvalue weighted by molar-refractivity contribution is -0.114. The van der Waals surface area contributed by atoms with Gasteiger partial charge in [0.05, 0.1) is 12.2 Å². The van der Waals surface area contributed by atoms with Crippen molar-refractivity contribution in [2.45, 2.75) is 0 Å². The van der Waals surface area contributed by atoms with E-state index < -0.39 is 17.5 Å². The highest BCUT2D eigenvalue weighted by Gasteiger charge is 2.08. The quantitative estimate of drug-likeness (QED) is 0.759. The molecule has 0 aromatic heterocycles. The van der Waals surface area contributed by atoms with Crippen LogP contribution in [0.4, 0.5) is 20.2 Å². The van der Waals surface area contributed by atoms with Crippen molar-refractivity contribution in [2.75, 3.05) is 17.2 Å². The summed E-state index contributed by atoms with van der Waals surface area (Å²) >= 11 is 0. The van der Waals surface area contributed by atoms with Gasteiger partial charge in [-0.3, -0.25) is 4.79 Å². The molecule has 116 valence electrons. The van der Waals surface area contributed by atoms with Gasteiger partial charge in [0.15, 0.2) is 0 Å². The lowest BCUT2D eigenvalue weighted by atomic mass is 10.1. The summed E-state index contributed by atoms with van der Waals surface area (Å²) in [5, 5.41) is 7.50. The van der Waals surface area contributed by atoms with Gasteiger partial charge in [0.25, 0.3) is 0 Å². The number of amides is 1. The zero-order valence-corrected chi connectivity index (χ0v) is 12.1. The average Bonchev–Trinajstić information content (AvgIpc) is 2.55. The predicted molar refractivity (Wildman–Crippen MR) is 87.4 cm³/mol. The topological polar surface area (TPSA) is 41.1 Å². The van der Waals surface area contributed by atoms with Crippen molar-refractivity contribution < 1.29 is 13.6 Å². The van der Waals surface area contributed by atoms with E-state index in [2.05, 4.69) is 10.6 Å². The molecule has 0 spiro atoms. The summed E-state index contributed by atoms with van der Waals surface area (Å²) in [5.74, 6) is -1.90. The van der Waals surface area contributed by atoms with E-state index in [-0.39, 0.29) is 12.2 Å². The molecule has 23 heavy (non-hydrogen) atoms. The fourth-order valence-corrected chi connectivity index (χ4v) is 2.34. The highest BCUT2D eigenvalue weighted by Crippen LogP contribution is 2.22. The highest BCUT2D eigenvalue weighted by atomic mass is 19.1. The molecule has 0 heterocycles. The van der Waals surface area contributed by atoms with Crippen molar-refractivity contribution in [3.63, 3.8) is 0 Å². The van der Waals surface area contributed by atoms with Gasteiger partial charge < -0.3 is 10.6 Å². The highest BCUT2D eigenvalue weighted by molar-refractivity contribution is 5.97. The van der Waals surface area contributed by atoms with E-state index in [1.54, 1.807) is 0 Å². The van der Waals surface area contributed by atoms with Gasteiger partial charge in [0.1, 0.15) is 11.6 Å². The monoisotopic (exact) mass is 312 g/mol. The maximum atomic E-state index is 13.5. The molecule has 0 radical (unpaired) electrons. The minimum Gasteiger partial charge on any atom is -0.376 e. The summed E-state index contributed by atoms with van der Waals surface area (Å²) in [7, 11) is 0. The largest absolute Gasteiger partial charge is 0.376 e. The van der Waals surface area contributed by atoms with E-state index in [1.165, 1.54) is 6.07 Å². The number of carbonyl (C=O) groups excluding carboxylic acids is 1. The van der Waals surface area contributed by atoms with Crippen LogP contribution >= 0.6 is 0 Å². The number of hydrogen-bond acceptors (Lipinski definition) is 2. The third-order valence-electron chi connectivity index (χ3n) is 3.43. The molecule has 0 aliphatic carbocycles. The van der Waals surface area contributed by atoms with Crippen LogP contribution in [0.2, 0.25) is 0 Å². The predicted octanol–water partition coefficient (Wildman–Crippen LogP) is 4.17. The van der Waals surface area contributed by atoms with Crippen LogP contribution in [0.15, 0.2) is 60.7 Å². The molecule has 5 heteroatoms. The van der Waals surface area contributed by atoms with Crippen LogP contribution in [0.5, 0.6) is 0 Å². The molecule has 0 saturated heterocycles. The summed E-state index contributed by atoms with van der Waals surface area (Å²) in [4.78, 5) is 11.9. The molecule has 0 bridgehead atoms. The van der Waals surface area contributed by atoms with Crippen LogP contribution in [0.1, 0.15) is 0 Å². The van der Waals surface area contributed by atoms with Crippen molar-refractivity contribution >= 4 is 28.1 Å².